The molecule has 82 valence electrons. The molecule has 0 unspecified atom stereocenters. The standard InChI is InChI=1S/C10H13NO3S/c1-10(2,15(3,13)14)9(12)8-5-4-6-11-7-8/h4-7H,1-3H3. The molecule has 0 aliphatic carbocycles. The molecule has 1 aromatic heterocycles. The van der Waals surface area contributed by atoms with Gasteiger partial charge in [0.2, 0.25) is 0 Å². The van der Waals surface area contributed by atoms with E-state index in [9.17, 15) is 13.2 Å². The molecule has 0 saturated carbocycles. The van der Waals surface area contributed by atoms with Crippen LogP contribution < -0.4 is 0 Å². The summed E-state index contributed by atoms with van der Waals surface area (Å²) in [6.07, 6.45) is 3.96. The summed E-state index contributed by atoms with van der Waals surface area (Å²) in [4.78, 5) is 15.7. The van der Waals surface area contributed by atoms with Gasteiger partial charge in [0.1, 0.15) is 4.75 Å². The number of ketones is 1. The first-order chi connectivity index (χ1) is 6.77. The van der Waals surface area contributed by atoms with Gasteiger partial charge in [-0.1, -0.05) is 0 Å². The first-order valence-corrected chi connectivity index (χ1v) is 6.30. The number of rotatable bonds is 3. The number of aromatic nitrogens is 1. The molecule has 0 bridgehead atoms. The van der Waals surface area contributed by atoms with Crippen molar-refractivity contribution >= 4 is 15.6 Å². The Morgan fingerprint density at radius 3 is 2.40 bits per heavy atom. The maximum Gasteiger partial charge on any atom is 0.184 e. The van der Waals surface area contributed by atoms with Gasteiger partial charge in [-0.3, -0.25) is 9.78 Å². The van der Waals surface area contributed by atoms with Crippen molar-refractivity contribution < 1.29 is 13.2 Å². The van der Waals surface area contributed by atoms with Crippen LogP contribution in [-0.2, 0) is 9.84 Å². The Hall–Kier alpha value is -1.23. The van der Waals surface area contributed by atoms with Crippen LogP contribution in [0.1, 0.15) is 24.2 Å². The van der Waals surface area contributed by atoms with Crippen LogP contribution in [0.25, 0.3) is 0 Å². The minimum absolute atomic E-state index is 0.313. The van der Waals surface area contributed by atoms with Crippen LogP contribution in [0.3, 0.4) is 0 Å². The Kier molecular flexibility index (Phi) is 2.95. The van der Waals surface area contributed by atoms with Crippen molar-refractivity contribution in [2.75, 3.05) is 6.26 Å². The monoisotopic (exact) mass is 227 g/mol. The number of pyridine rings is 1. The number of carbonyl (C=O) groups is 1. The molecular weight excluding hydrogens is 214 g/mol. The second-order valence-electron chi connectivity index (χ2n) is 3.85. The number of hydrogen-bond donors (Lipinski definition) is 0. The molecule has 0 aliphatic heterocycles. The lowest BCUT2D eigenvalue weighted by Gasteiger charge is -2.20. The minimum Gasteiger partial charge on any atom is -0.292 e. The molecular formula is C10H13NO3S. The summed E-state index contributed by atoms with van der Waals surface area (Å²) in [6.45, 7) is 2.80. The highest BCUT2D eigenvalue weighted by atomic mass is 32.2. The number of carbonyl (C=O) groups excluding carboxylic acids is 1. The summed E-state index contributed by atoms with van der Waals surface area (Å²) >= 11 is 0. The van der Waals surface area contributed by atoms with Crippen LogP contribution in [0.15, 0.2) is 24.5 Å². The molecule has 0 amide bonds. The molecule has 0 N–H and O–H groups in total. The summed E-state index contributed by atoms with van der Waals surface area (Å²) in [5, 5.41) is 0. The van der Waals surface area contributed by atoms with Gasteiger partial charge in [0.25, 0.3) is 0 Å². The highest BCUT2D eigenvalue weighted by Gasteiger charge is 2.38. The first-order valence-electron chi connectivity index (χ1n) is 4.41. The molecule has 1 aromatic rings. The van der Waals surface area contributed by atoms with E-state index >= 15 is 0 Å². The van der Waals surface area contributed by atoms with Crippen molar-refractivity contribution in [3.05, 3.63) is 30.1 Å². The predicted molar refractivity (Wildman–Crippen MR) is 57.5 cm³/mol. The Balaban J connectivity index is 3.17. The third-order valence-electron chi connectivity index (χ3n) is 2.40. The zero-order chi connectivity index (χ0) is 11.7. The number of Topliss-reactive ketones (excluding diaryl/α,β-unsaturated/α-hetero) is 1. The van der Waals surface area contributed by atoms with E-state index in [4.69, 9.17) is 0 Å². The van der Waals surface area contributed by atoms with Crippen molar-refractivity contribution in [3.8, 4) is 0 Å². The molecule has 0 spiro atoms. The second kappa shape index (κ2) is 3.73. The molecule has 4 nitrogen and oxygen atoms in total. The van der Waals surface area contributed by atoms with Gasteiger partial charge in [0.05, 0.1) is 0 Å². The molecule has 1 rings (SSSR count). The van der Waals surface area contributed by atoms with Gasteiger partial charge in [-0.15, -0.1) is 0 Å². The predicted octanol–water partition coefficient (Wildman–Crippen LogP) is 1.09. The van der Waals surface area contributed by atoms with E-state index in [0.717, 1.165) is 6.26 Å². The van der Waals surface area contributed by atoms with E-state index < -0.39 is 20.4 Å². The minimum atomic E-state index is -3.43. The zero-order valence-corrected chi connectivity index (χ0v) is 9.71. The fourth-order valence-electron chi connectivity index (χ4n) is 1.01. The molecule has 1 heterocycles. The Bertz CT molecular complexity index is 463. The molecule has 0 aromatic carbocycles. The maximum atomic E-state index is 11.9. The van der Waals surface area contributed by atoms with Crippen molar-refractivity contribution in [1.29, 1.82) is 0 Å². The normalized spacial score (nSPS) is 12.5. The smallest absolute Gasteiger partial charge is 0.184 e. The van der Waals surface area contributed by atoms with Gasteiger partial charge in [0, 0.05) is 24.2 Å². The van der Waals surface area contributed by atoms with Crippen molar-refractivity contribution in [2.24, 2.45) is 0 Å². The Morgan fingerprint density at radius 2 is 2.00 bits per heavy atom. The lowest BCUT2D eigenvalue weighted by atomic mass is 10.0. The van der Waals surface area contributed by atoms with Crippen LogP contribution in [0.5, 0.6) is 0 Å². The highest BCUT2D eigenvalue weighted by molar-refractivity contribution is 7.92. The van der Waals surface area contributed by atoms with Gasteiger partial charge in [-0.05, 0) is 26.0 Å². The van der Waals surface area contributed by atoms with Crippen LogP contribution in [0, 0.1) is 0 Å². The maximum absolute atomic E-state index is 11.9. The Morgan fingerprint density at radius 1 is 1.40 bits per heavy atom. The molecule has 0 aliphatic rings. The fourth-order valence-corrected chi connectivity index (χ4v) is 1.47. The molecule has 0 atom stereocenters. The van der Waals surface area contributed by atoms with E-state index in [2.05, 4.69) is 4.98 Å². The average Bonchev–Trinajstić information content (AvgIpc) is 2.16. The Labute approximate surface area is 89.3 Å². The molecule has 0 saturated heterocycles. The van der Waals surface area contributed by atoms with E-state index in [1.165, 1.54) is 26.2 Å². The lowest BCUT2D eigenvalue weighted by molar-refractivity contribution is 0.0953. The molecule has 5 heteroatoms. The van der Waals surface area contributed by atoms with E-state index in [0.29, 0.717) is 5.56 Å². The average molecular weight is 227 g/mol. The zero-order valence-electron chi connectivity index (χ0n) is 8.89. The van der Waals surface area contributed by atoms with Crippen LogP contribution >= 0.6 is 0 Å². The molecule has 0 fully saturated rings. The summed E-state index contributed by atoms with van der Waals surface area (Å²) in [7, 11) is -3.43. The van der Waals surface area contributed by atoms with Gasteiger partial charge in [0.15, 0.2) is 15.6 Å². The number of sulfone groups is 1. The highest BCUT2D eigenvalue weighted by Crippen LogP contribution is 2.20. The summed E-state index contributed by atoms with van der Waals surface area (Å²) in [6, 6.07) is 3.16. The quantitative estimate of drug-likeness (QED) is 0.725. The SMILES string of the molecule is CC(C)(C(=O)c1cccnc1)S(C)(=O)=O. The first kappa shape index (κ1) is 11.8. The number of nitrogens with zero attached hydrogens (tertiary/aromatic N) is 1. The summed E-state index contributed by atoms with van der Waals surface area (Å²) in [5.41, 5.74) is 0.313. The van der Waals surface area contributed by atoms with Crippen LogP contribution in [0.2, 0.25) is 0 Å². The van der Waals surface area contributed by atoms with Gasteiger partial charge >= 0.3 is 0 Å². The van der Waals surface area contributed by atoms with Gasteiger partial charge in [-0.2, -0.15) is 0 Å². The summed E-state index contributed by atoms with van der Waals surface area (Å²) in [5.74, 6) is -0.432. The van der Waals surface area contributed by atoms with Crippen molar-refractivity contribution in [1.82, 2.24) is 4.98 Å². The van der Waals surface area contributed by atoms with Crippen LogP contribution in [0.4, 0.5) is 0 Å². The van der Waals surface area contributed by atoms with Crippen molar-refractivity contribution in [2.45, 2.75) is 18.6 Å². The van der Waals surface area contributed by atoms with Crippen molar-refractivity contribution in [3.63, 3.8) is 0 Å². The van der Waals surface area contributed by atoms with E-state index in [1.807, 2.05) is 0 Å². The topological polar surface area (TPSA) is 64.1 Å². The van der Waals surface area contributed by atoms with Gasteiger partial charge < -0.3 is 0 Å². The largest absolute Gasteiger partial charge is 0.292 e. The summed E-state index contributed by atoms with van der Waals surface area (Å²) < 4.78 is 21.4. The molecule has 0 radical (unpaired) electrons. The van der Waals surface area contributed by atoms with Gasteiger partial charge in [-0.25, -0.2) is 8.42 Å². The fraction of sp³-hybridized carbons (Fsp3) is 0.400. The number of hydrogen-bond acceptors (Lipinski definition) is 4. The third-order valence-corrected chi connectivity index (χ3v) is 4.44. The molecule has 15 heavy (non-hydrogen) atoms. The van der Waals surface area contributed by atoms with E-state index in [1.54, 1.807) is 12.1 Å². The van der Waals surface area contributed by atoms with E-state index in [-0.39, 0.29) is 0 Å². The second-order valence-corrected chi connectivity index (χ2v) is 6.42. The van der Waals surface area contributed by atoms with Crippen LogP contribution in [-0.4, -0.2) is 30.2 Å². The third kappa shape index (κ3) is 2.23. The lowest BCUT2D eigenvalue weighted by Crippen LogP contribution is -2.39.